The first-order chi connectivity index (χ1) is 6.18. The molecule has 1 unspecified atom stereocenters. The minimum absolute atomic E-state index is 0.0914. The van der Waals surface area contributed by atoms with Gasteiger partial charge in [0.15, 0.2) is 5.76 Å². The van der Waals surface area contributed by atoms with Crippen LogP contribution in [0, 0.1) is 6.92 Å². The van der Waals surface area contributed by atoms with Gasteiger partial charge in [0.2, 0.25) is 5.91 Å². The zero-order chi connectivity index (χ0) is 9.42. The number of nitrogens with zero attached hydrogens (tertiary/aromatic N) is 2. The average molecular weight is 180 g/mol. The summed E-state index contributed by atoms with van der Waals surface area (Å²) in [5.41, 5.74) is 0.864. The Kier molecular flexibility index (Phi) is 1.83. The maximum atomic E-state index is 11.2. The van der Waals surface area contributed by atoms with E-state index < -0.39 is 0 Å². The molecule has 0 aromatic carbocycles. The highest BCUT2D eigenvalue weighted by atomic mass is 16.5. The molecule has 13 heavy (non-hydrogen) atoms. The molecule has 70 valence electrons. The van der Waals surface area contributed by atoms with Gasteiger partial charge in [-0.25, -0.2) is 0 Å². The number of carbonyl (C=O) groups is 1. The van der Waals surface area contributed by atoms with Crippen molar-refractivity contribution in [2.45, 2.75) is 25.8 Å². The van der Waals surface area contributed by atoms with Gasteiger partial charge in [0.05, 0.1) is 11.7 Å². The molecule has 2 heterocycles. The third-order valence-corrected chi connectivity index (χ3v) is 2.47. The number of carbonyl (C=O) groups excluding carboxylic acids is 1. The minimum Gasteiger partial charge on any atom is -0.359 e. The van der Waals surface area contributed by atoms with Crippen LogP contribution < -0.4 is 0 Å². The van der Waals surface area contributed by atoms with Gasteiger partial charge in [-0.15, -0.1) is 0 Å². The predicted molar refractivity (Wildman–Crippen MR) is 46.0 cm³/mol. The lowest BCUT2D eigenvalue weighted by Crippen LogP contribution is -2.22. The number of amides is 1. The van der Waals surface area contributed by atoms with E-state index in [2.05, 4.69) is 5.16 Å². The first kappa shape index (κ1) is 8.29. The molecule has 0 N–H and O–H groups in total. The van der Waals surface area contributed by atoms with Crippen LogP contribution in [0.2, 0.25) is 0 Å². The predicted octanol–water partition coefficient (Wildman–Crippen LogP) is 1.28. The highest BCUT2D eigenvalue weighted by Crippen LogP contribution is 2.31. The molecular formula is C9H12N2O2. The summed E-state index contributed by atoms with van der Waals surface area (Å²) in [4.78, 5) is 13.0. The van der Waals surface area contributed by atoms with E-state index in [0.29, 0.717) is 6.42 Å². The van der Waals surface area contributed by atoms with Gasteiger partial charge in [0, 0.05) is 19.5 Å². The van der Waals surface area contributed by atoms with Crippen LogP contribution in [0.5, 0.6) is 0 Å². The number of hydrogen-bond donors (Lipinski definition) is 0. The minimum atomic E-state index is 0.0914. The van der Waals surface area contributed by atoms with E-state index in [1.54, 1.807) is 11.9 Å². The van der Waals surface area contributed by atoms with Crippen molar-refractivity contribution in [2.75, 3.05) is 7.05 Å². The van der Waals surface area contributed by atoms with Crippen LogP contribution in [0.1, 0.15) is 30.3 Å². The topological polar surface area (TPSA) is 46.3 Å². The molecule has 0 aliphatic carbocycles. The van der Waals surface area contributed by atoms with Gasteiger partial charge in [-0.05, 0) is 13.3 Å². The lowest BCUT2D eigenvalue weighted by molar-refractivity contribution is -0.127. The zero-order valence-corrected chi connectivity index (χ0v) is 7.78. The second-order valence-corrected chi connectivity index (χ2v) is 3.43. The Hall–Kier alpha value is -1.32. The fraction of sp³-hybridized carbons (Fsp3) is 0.556. The van der Waals surface area contributed by atoms with E-state index in [1.807, 2.05) is 13.0 Å². The quantitative estimate of drug-likeness (QED) is 0.654. The summed E-state index contributed by atoms with van der Waals surface area (Å²) < 4.78 is 5.12. The van der Waals surface area contributed by atoms with Gasteiger partial charge < -0.3 is 9.42 Å². The Morgan fingerprint density at radius 3 is 2.92 bits per heavy atom. The van der Waals surface area contributed by atoms with E-state index in [9.17, 15) is 4.79 Å². The first-order valence-electron chi connectivity index (χ1n) is 4.37. The van der Waals surface area contributed by atoms with Gasteiger partial charge in [0.25, 0.3) is 0 Å². The Labute approximate surface area is 76.5 Å². The fourth-order valence-corrected chi connectivity index (χ4v) is 1.68. The maximum absolute atomic E-state index is 11.2. The SMILES string of the molecule is Cc1cc(C2CCC(=O)N2C)on1. The lowest BCUT2D eigenvalue weighted by Gasteiger charge is -2.16. The van der Waals surface area contributed by atoms with Crippen LogP contribution in [-0.2, 0) is 4.79 Å². The molecule has 0 spiro atoms. The van der Waals surface area contributed by atoms with Crippen LogP contribution in [0.3, 0.4) is 0 Å². The Morgan fingerprint density at radius 2 is 2.46 bits per heavy atom. The summed E-state index contributed by atoms with van der Waals surface area (Å²) in [5, 5.41) is 3.81. The summed E-state index contributed by atoms with van der Waals surface area (Å²) in [6.45, 7) is 1.88. The molecular weight excluding hydrogens is 168 g/mol. The highest BCUT2D eigenvalue weighted by molar-refractivity contribution is 5.78. The van der Waals surface area contributed by atoms with Crippen LogP contribution in [0.4, 0.5) is 0 Å². The normalized spacial score (nSPS) is 22.8. The smallest absolute Gasteiger partial charge is 0.223 e. The van der Waals surface area contributed by atoms with Crippen molar-refractivity contribution in [1.82, 2.24) is 10.1 Å². The number of likely N-dealkylation sites (tertiary alicyclic amines) is 1. The third kappa shape index (κ3) is 1.32. The van der Waals surface area contributed by atoms with Gasteiger partial charge >= 0.3 is 0 Å². The van der Waals surface area contributed by atoms with Gasteiger partial charge in [-0.1, -0.05) is 5.16 Å². The first-order valence-corrected chi connectivity index (χ1v) is 4.37. The molecule has 1 aromatic rings. The Morgan fingerprint density at radius 1 is 1.69 bits per heavy atom. The van der Waals surface area contributed by atoms with Gasteiger partial charge in [-0.2, -0.15) is 0 Å². The van der Waals surface area contributed by atoms with Crippen molar-refractivity contribution in [2.24, 2.45) is 0 Å². The summed E-state index contributed by atoms with van der Waals surface area (Å²) in [5.74, 6) is 0.977. The second-order valence-electron chi connectivity index (χ2n) is 3.43. The van der Waals surface area contributed by atoms with Crippen molar-refractivity contribution in [3.8, 4) is 0 Å². The van der Waals surface area contributed by atoms with Crippen molar-refractivity contribution in [3.05, 3.63) is 17.5 Å². The number of aromatic nitrogens is 1. The Bertz CT molecular complexity index is 332. The Balaban J connectivity index is 2.23. The number of rotatable bonds is 1. The molecule has 4 nitrogen and oxygen atoms in total. The van der Waals surface area contributed by atoms with Crippen molar-refractivity contribution in [3.63, 3.8) is 0 Å². The molecule has 2 rings (SSSR count). The van der Waals surface area contributed by atoms with Crippen LogP contribution in [-0.4, -0.2) is 23.0 Å². The maximum Gasteiger partial charge on any atom is 0.223 e. The molecule has 1 atom stereocenters. The second kappa shape index (κ2) is 2.87. The zero-order valence-electron chi connectivity index (χ0n) is 7.78. The fourth-order valence-electron chi connectivity index (χ4n) is 1.68. The molecule has 1 saturated heterocycles. The molecule has 1 aromatic heterocycles. The van der Waals surface area contributed by atoms with Crippen LogP contribution in [0.25, 0.3) is 0 Å². The average Bonchev–Trinajstić information content (AvgIpc) is 2.62. The summed E-state index contributed by atoms with van der Waals surface area (Å²) in [7, 11) is 1.80. The van der Waals surface area contributed by atoms with Crippen LogP contribution in [0.15, 0.2) is 10.6 Å². The summed E-state index contributed by atoms with van der Waals surface area (Å²) in [6, 6.07) is 1.98. The largest absolute Gasteiger partial charge is 0.359 e. The van der Waals surface area contributed by atoms with Crippen molar-refractivity contribution in [1.29, 1.82) is 0 Å². The molecule has 1 aliphatic heterocycles. The third-order valence-electron chi connectivity index (χ3n) is 2.47. The molecule has 1 aliphatic rings. The van der Waals surface area contributed by atoms with Gasteiger partial charge in [0.1, 0.15) is 0 Å². The van der Waals surface area contributed by atoms with E-state index in [1.165, 1.54) is 0 Å². The highest BCUT2D eigenvalue weighted by Gasteiger charge is 2.31. The summed E-state index contributed by atoms with van der Waals surface area (Å²) >= 11 is 0. The van der Waals surface area contributed by atoms with Crippen molar-refractivity contribution >= 4 is 5.91 Å². The number of hydrogen-bond acceptors (Lipinski definition) is 3. The standard InChI is InChI=1S/C9H12N2O2/c1-6-5-8(13-10-6)7-3-4-9(12)11(7)2/h5,7H,3-4H2,1-2H3. The van der Waals surface area contributed by atoms with E-state index in [0.717, 1.165) is 17.9 Å². The monoisotopic (exact) mass is 180 g/mol. The van der Waals surface area contributed by atoms with E-state index in [-0.39, 0.29) is 11.9 Å². The summed E-state index contributed by atoms with van der Waals surface area (Å²) in [6.07, 6.45) is 1.45. The van der Waals surface area contributed by atoms with E-state index in [4.69, 9.17) is 4.52 Å². The van der Waals surface area contributed by atoms with E-state index >= 15 is 0 Å². The molecule has 0 radical (unpaired) electrons. The van der Waals surface area contributed by atoms with Crippen molar-refractivity contribution < 1.29 is 9.32 Å². The lowest BCUT2D eigenvalue weighted by atomic mass is 10.1. The molecule has 1 fully saturated rings. The molecule has 0 bridgehead atoms. The van der Waals surface area contributed by atoms with Crippen LogP contribution >= 0.6 is 0 Å². The number of aryl methyl sites for hydroxylation is 1. The molecule has 4 heteroatoms. The molecule has 1 amide bonds. The molecule has 0 saturated carbocycles. The van der Waals surface area contributed by atoms with Gasteiger partial charge in [-0.3, -0.25) is 4.79 Å².